The van der Waals surface area contributed by atoms with Crippen molar-refractivity contribution in [1.29, 1.82) is 0 Å². The highest BCUT2D eigenvalue weighted by molar-refractivity contribution is 5.96. The summed E-state index contributed by atoms with van der Waals surface area (Å²) >= 11 is 0. The molecule has 0 spiro atoms. The highest BCUT2D eigenvalue weighted by Gasteiger charge is 2.28. The smallest absolute Gasteiger partial charge is 0.0568 e. The normalized spacial score (nSPS) is 14.8. The number of hydrogen-bond donors (Lipinski definition) is 1. The summed E-state index contributed by atoms with van der Waals surface area (Å²) in [4.78, 5) is 0. The minimum atomic E-state index is 0.168. The molecule has 0 aromatic heterocycles. The molecule has 5 aromatic carbocycles. The summed E-state index contributed by atoms with van der Waals surface area (Å²) in [6.45, 7) is 0. The van der Waals surface area contributed by atoms with Gasteiger partial charge in [-0.15, -0.1) is 0 Å². The van der Waals surface area contributed by atoms with Gasteiger partial charge in [-0.3, -0.25) is 5.43 Å². The molecule has 2 nitrogen and oxygen atoms in total. The largest absolute Gasteiger partial charge is 0.278 e. The van der Waals surface area contributed by atoms with E-state index in [0.717, 1.165) is 11.3 Å². The van der Waals surface area contributed by atoms with Crippen molar-refractivity contribution < 1.29 is 0 Å². The highest BCUT2D eigenvalue weighted by Crippen LogP contribution is 2.46. The maximum atomic E-state index is 4.61. The zero-order valence-electron chi connectivity index (χ0n) is 18.7. The lowest BCUT2D eigenvalue weighted by molar-refractivity contribution is 1.06. The first-order valence-corrected chi connectivity index (χ1v) is 11.6. The summed E-state index contributed by atoms with van der Waals surface area (Å²) in [5.41, 5.74) is 11.8. The fourth-order valence-electron chi connectivity index (χ4n) is 4.87. The Hall–Kier alpha value is -4.43. The molecule has 1 aliphatic rings. The second-order valence-corrected chi connectivity index (χ2v) is 8.59. The molecule has 1 N–H and O–H groups in total. The zero-order chi connectivity index (χ0) is 22.7. The van der Waals surface area contributed by atoms with E-state index in [0.29, 0.717) is 0 Å². The number of nitrogens with zero attached hydrogens (tertiary/aromatic N) is 1. The van der Waals surface area contributed by atoms with E-state index < -0.39 is 0 Å². The van der Waals surface area contributed by atoms with Crippen LogP contribution in [0.1, 0.15) is 33.7 Å². The van der Waals surface area contributed by atoms with Gasteiger partial charge in [-0.05, 0) is 62.4 Å². The van der Waals surface area contributed by atoms with Gasteiger partial charge in [0.15, 0.2) is 0 Å². The predicted octanol–water partition coefficient (Wildman–Crippen LogP) is 7.97. The monoisotopic (exact) mass is 436 g/mol. The van der Waals surface area contributed by atoms with Gasteiger partial charge in [0.1, 0.15) is 0 Å². The number of fused-ring (bicyclic) bond motifs is 2. The van der Waals surface area contributed by atoms with E-state index in [1.807, 2.05) is 6.21 Å². The number of hydrazone groups is 1. The molecule has 0 saturated heterocycles. The van der Waals surface area contributed by atoms with Crippen LogP contribution in [0.25, 0.3) is 22.4 Å². The van der Waals surface area contributed by atoms with Crippen LogP contribution in [0.15, 0.2) is 126 Å². The van der Waals surface area contributed by atoms with Crippen LogP contribution in [0.4, 0.5) is 5.69 Å². The average molecular weight is 437 g/mol. The molecule has 1 aliphatic carbocycles. The van der Waals surface area contributed by atoms with Gasteiger partial charge in [-0.1, -0.05) is 109 Å². The van der Waals surface area contributed by atoms with E-state index in [4.69, 9.17) is 0 Å². The Kier molecular flexibility index (Phi) is 5.25. The Balaban J connectivity index is 1.35. The number of allylic oxidation sites excluding steroid dienone is 1. The van der Waals surface area contributed by atoms with E-state index in [2.05, 4.69) is 138 Å². The lowest BCUT2D eigenvalue weighted by atomic mass is 9.83. The third kappa shape index (κ3) is 3.80. The summed E-state index contributed by atoms with van der Waals surface area (Å²) in [5.74, 6) is 0.168. The predicted molar refractivity (Wildman–Crippen MR) is 144 cm³/mol. The quantitative estimate of drug-likeness (QED) is 0.219. The molecule has 2 heteroatoms. The van der Waals surface area contributed by atoms with Gasteiger partial charge in [0.05, 0.1) is 11.9 Å². The molecule has 1 unspecified atom stereocenters. The standard InChI is InChI=1S/C32H24N2/c1-2-11-24(12-3-1)31-21-26-14-6-8-16-29(26)32(31)30-17-9-7-15-27(30)22-33-34-28-19-18-23-10-4-5-13-25(23)20-28/h1-22,32,34H/b33-22+. The molecule has 0 bridgehead atoms. The van der Waals surface area contributed by atoms with Gasteiger partial charge in [-0.25, -0.2) is 0 Å². The SMILES string of the molecule is C1=C(c2ccccc2)C(c2ccccc2/C=N/Nc2ccc3ccccc3c2)c2ccccc21. The van der Waals surface area contributed by atoms with Crippen LogP contribution in [0.2, 0.25) is 0 Å². The van der Waals surface area contributed by atoms with Crippen LogP contribution in [-0.2, 0) is 0 Å². The second-order valence-electron chi connectivity index (χ2n) is 8.59. The minimum absolute atomic E-state index is 0.168. The molecule has 0 heterocycles. The van der Waals surface area contributed by atoms with Crippen LogP contribution in [-0.4, -0.2) is 6.21 Å². The molecule has 0 saturated carbocycles. The lowest BCUT2D eigenvalue weighted by Crippen LogP contribution is -2.05. The summed E-state index contributed by atoms with van der Waals surface area (Å²) in [6, 6.07) is 42.6. The van der Waals surface area contributed by atoms with Gasteiger partial charge in [-0.2, -0.15) is 5.10 Å². The summed E-state index contributed by atoms with van der Waals surface area (Å²) < 4.78 is 0. The molecular weight excluding hydrogens is 412 g/mol. The third-order valence-electron chi connectivity index (χ3n) is 6.49. The van der Waals surface area contributed by atoms with Crippen molar-refractivity contribution in [1.82, 2.24) is 0 Å². The highest BCUT2D eigenvalue weighted by atomic mass is 15.3. The third-order valence-corrected chi connectivity index (χ3v) is 6.49. The Morgan fingerprint density at radius 2 is 1.32 bits per heavy atom. The summed E-state index contributed by atoms with van der Waals surface area (Å²) in [5, 5.41) is 7.03. The molecular formula is C32H24N2. The number of benzene rings is 5. The molecule has 5 aromatic rings. The van der Waals surface area contributed by atoms with Crippen LogP contribution in [0, 0.1) is 0 Å². The Labute approximate surface area is 199 Å². The number of rotatable bonds is 5. The first kappa shape index (κ1) is 20.2. The van der Waals surface area contributed by atoms with Gasteiger partial charge < -0.3 is 0 Å². The van der Waals surface area contributed by atoms with E-state index in [1.165, 1.54) is 38.6 Å². The molecule has 1 atom stereocenters. The summed E-state index contributed by atoms with van der Waals surface area (Å²) in [6.07, 6.45) is 4.27. The zero-order valence-corrected chi connectivity index (χ0v) is 18.7. The van der Waals surface area contributed by atoms with Crippen molar-refractivity contribution in [2.75, 3.05) is 5.43 Å². The Morgan fingerprint density at radius 1 is 0.618 bits per heavy atom. The molecule has 0 radical (unpaired) electrons. The topological polar surface area (TPSA) is 24.4 Å². The van der Waals surface area contributed by atoms with Crippen LogP contribution < -0.4 is 5.43 Å². The van der Waals surface area contributed by atoms with Crippen LogP contribution in [0.5, 0.6) is 0 Å². The van der Waals surface area contributed by atoms with Crippen molar-refractivity contribution in [3.8, 4) is 0 Å². The Bertz CT molecular complexity index is 1530. The Morgan fingerprint density at radius 3 is 2.21 bits per heavy atom. The first-order chi connectivity index (χ1) is 16.9. The van der Waals surface area contributed by atoms with Crippen molar-refractivity contribution in [2.45, 2.75) is 5.92 Å². The van der Waals surface area contributed by atoms with Crippen LogP contribution in [0.3, 0.4) is 0 Å². The molecule has 0 aliphatic heterocycles. The van der Waals surface area contributed by atoms with Gasteiger partial charge >= 0.3 is 0 Å². The first-order valence-electron chi connectivity index (χ1n) is 11.6. The van der Waals surface area contributed by atoms with Gasteiger partial charge in [0, 0.05) is 5.92 Å². The van der Waals surface area contributed by atoms with E-state index in [1.54, 1.807) is 0 Å². The van der Waals surface area contributed by atoms with E-state index in [9.17, 15) is 0 Å². The fraction of sp³-hybridized carbons (Fsp3) is 0.0312. The van der Waals surface area contributed by atoms with Crippen molar-refractivity contribution >= 4 is 34.3 Å². The maximum Gasteiger partial charge on any atom is 0.0568 e. The van der Waals surface area contributed by atoms with Crippen LogP contribution >= 0.6 is 0 Å². The average Bonchev–Trinajstić information content (AvgIpc) is 3.29. The number of nitrogens with one attached hydrogen (secondary N) is 1. The van der Waals surface area contributed by atoms with Gasteiger partial charge in [0.25, 0.3) is 0 Å². The van der Waals surface area contributed by atoms with Crippen molar-refractivity contribution in [2.24, 2.45) is 5.10 Å². The van der Waals surface area contributed by atoms with E-state index in [-0.39, 0.29) is 5.92 Å². The maximum absolute atomic E-state index is 4.61. The molecule has 0 fully saturated rings. The summed E-state index contributed by atoms with van der Waals surface area (Å²) in [7, 11) is 0. The molecule has 34 heavy (non-hydrogen) atoms. The van der Waals surface area contributed by atoms with Crippen molar-refractivity contribution in [3.05, 3.63) is 149 Å². The number of anilines is 1. The number of hydrogen-bond acceptors (Lipinski definition) is 2. The molecule has 162 valence electrons. The second kappa shape index (κ2) is 8.84. The van der Waals surface area contributed by atoms with Gasteiger partial charge in [0.2, 0.25) is 0 Å². The fourth-order valence-corrected chi connectivity index (χ4v) is 4.87. The minimum Gasteiger partial charge on any atom is -0.278 e. The molecule has 6 rings (SSSR count). The van der Waals surface area contributed by atoms with E-state index >= 15 is 0 Å². The molecule has 0 amide bonds. The van der Waals surface area contributed by atoms with Crippen molar-refractivity contribution in [3.63, 3.8) is 0 Å². The lowest BCUT2D eigenvalue weighted by Gasteiger charge is -2.20.